The molecule has 3 rings (SSSR count). The van der Waals surface area contributed by atoms with E-state index in [0.29, 0.717) is 19.8 Å². The van der Waals surface area contributed by atoms with E-state index >= 15 is 0 Å². The van der Waals surface area contributed by atoms with Gasteiger partial charge < -0.3 is 35.3 Å². The molecule has 2 aromatic rings. The molecule has 44 heavy (non-hydrogen) atoms. The number of carbonyl (C=O) groups is 2. The van der Waals surface area contributed by atoms with Gasteiger partial charge >= 0.3 is 5.97 Å². The van der Waals surface area contributed by atoms with Crippen molar-refractivity contribution in [3.05, 3.63) is 67.8 Å². The molecule has 0 atom stereocenters. The zero-order valence-corrected chi connectivity index (χ0v) is 24.1. The van der Waals surface area contributed by atoms with E-state index in [0.717, 1.165) is 32.3 Å². The van der Waals surface area contributed by atoms with Crippen LogP contribution in [-0.4, -0.2) is 93.4 Å². The third kappa shape index (κ3) is 9.05. The molecule has 4 N–H and O–H groups in total. The molecule has 0 spiro atoms. The molecule has 16 nitrogen and oxygen atoms in total. The third-order valence-electron chi connectivity index (χ3n) is 6.27. The number of methoxy groups -OCH3 is 2. The highest BCUT2D eigenvalue weighted by molar-refractivity contribution is 5.96. The van der Waals surface area contributed by atoms with Crippen LogP contribution in [0.5, 0.6) is 11.5 Å². The van der Waals surface area contributed by atoms with Crippen molar-refractivity contribution in [3.8, 4) is 23.3 Å². The number of benzene rings is 2. The first-order valence-electron chi connectivity index (χ1n) is 13.2. The van der Waals surface area contributed by atoms with Crippen molar-refractivity contribution < 1.29 is 38.4 Å². The highest BCUT2D eigenvalue weighted by Gasteiger charge is 2.24. The number of morpholine rings is 1. The number of amides is 1. The van der Waals surface area contributed by atoms with E-state index in [4.69, 9.17) is 19.9 Å². The molecule has 0 radical (unpaired) electrons. The van der Waals surface area contributed by atoms with Gasteiger partial charge in [0.2, 0.25) is 5.91 Å². The molecular formula is C28H32N6O10. The van der Waals surface area contributed by atoms with Gasteiger partial charge in [-0.05, 0) is 12.1 Å². The summed E-state index contributed by atoms with van der Waals surface area (Å²) in [6, 6.07) is 4.74. The quantitative estimate of drug-likeness (QED) is 0.0919. The summed E-state index contributed by atoms with van der Waals surface area (Å²) in [6.45, 7) is 3.42. The Hall–Kier alpha value is -5.40. The van der Waals surface area contributed by atoms with Gasteiger partial charge in [0.1, 0.15) is 12.4 Å². The fraction of sp³-hybridized carbons (Fsp3) is 0.357. The van der Waals surface area contributed by atoms with Gasteiger partial charge in [0.05, 0.1) is 49.4 Å². The molecule has 1 saturated heterocycles. The Morgan fingerprint density at radius 2 is 1.52 bits per heavy atom. The lowest BCUT2D eigenvalue weighted by Crippen LogP contribution is -2.36. The Kier molecular flexibility index (Phi) is 12.3. The van der Waals surface area contributed by atoms with E-state index in [9.17, 15) is 29.8 Å². The van der Waals surface area contributed by atoms with Crippen molar-refractivity contribution >= 4 is 34.6 Å². The van der Waals surface area contributed by atoms with Crippen LogP contribution in [0.4, 0.5) is 22.7 Å². The Bertz CT molecular complexity index is 1480. The summed E-state index contributed by atoms with van der Waals surface area (Å²) in [5, 5.41) is 29.2. The number of nitro benzene ring substituents is 2. The average Bonchev–Trinajstić information content (AvgIpc) is 3.02. The van der Waals surface area contributed by atoms with Gasteiger partial charge in [0.15, 0.2) is 17.1 Å². The van der Waals surface area contributed by atoms with Crippen LogP contribution < -0.4 is 25.8 Å². The molecule has 234 valence electrons. The Balaban J connectivity index is 1.71. The lowest BCUT2D eigenvalue weighted by Gasteiger charge is -2.24. The van der Waals surface area contributed by atoms with Crippen molar-refractivity contribution in [2.24, 2.45) is 5.73 Å². The summed E-state index contributed by atoms with van der Waals surface area (Å²) in [5.74, 6) is 4.31. The molecule has 1 fully saturated rings. The molecule has 0 aromatic heterocycles. The largest absolute Gasteiger partial charge is 0.494 e. The van der Waals surface area contributed by atoms with Crippen molar-refractivity contribution in [1.29, 1.82) is 0 Å². The number of esters is 1. The fourth-order valence-corrected chi connectivity index (χ4v) is 4.08. The van der Waals surface area contributed by atoms with Gasteiger partial charge in [-0.3, -0.25) is 29.9 Å². The van der Waals surface area contributed by atoms with Gasteiger partial charge in [-0.25, -0.2) is 4.79 Å². The average molecular weight is 613 g/mol. The van der Waals surface area contributed by atoms with Gasteiger partial charge in [-0.15, -0.1) is 0 Å². The number of anilines is 2. The molecule has 1 aliphatic heterocycles. The summed E-state index contributed by atoms with van der Waals surface area (Å²) < 4.78 is 20.9. The number of nitrogens with one attached hydrogen (secondary N) is 2. The SMILES string of the molecule is COC(=O)c1cc(OC)c(NC/C=C/CNc2c(OCC#CCN3CCOCC3)cc(C(N)=O)cc2[N+](=O)[O-])c([N+](=O)[O-])c1. The number of nitro groups is 2. The predicted molar refractivity (Wildman–Crippen MR) is 159 cm³/mol. The lowest BCUT2D eigenvalue weighted by molar-refractivity contribution is -0.384. The fourth-order valence-electron chi connectivity index (χ4n) is 4.08. The Morgan fingerprint density at radius 1 is 0.955 bits per heavy atom. The van der Waals surface area contributed by atoms with Crippen LogP contribution in [0.25, 0.3) is 0 Å². The van der Waals surface area contributed by atoms with Crippen LogP contribution >= 0.6 is 0 Å². The summed E-state index contributed by atoms with van der Waals surface area (Å²) in [5.41, 5.74) is 4.47. The molecule has 0 bridgehead atoms. The maximum Gasteiger partial charge on any atom is 0.338 e. The van der Waals surface area contributed by atoms with Crippen LogP contribution in [0.15, 0.2) is 36.4 Å². The molecular weight excluding hydrogens is 580 g/mol. The molecule has 16 heteroatoms. The number of rotatable bonds is 14. The van der Waals surface area contributed by atoms with Gasteiger partial charge in [0, 0.05) is 43.9 Å². The second kappa shape index (κ2) is 16.3. The molecule has 0 unspecified atom stereocenters. The normalized spacial score (nSPS) is 13.0. The van der Waals surface area contributed by atoms with E-state index in [1.54, 1.807) is 12.2 Å². The number of nitrogens with two attached hydrogens (primary N) is 1. The molecule has 1 heterocycles. The van der Waals surface area contributed by atoms with Gasteiger partial charge in [0.25, 0.3) is 11.4 Å². The number of primary amides is 1. The van der Waals surface area contributed by atoms with Crippen LogP contribution in [0.2, 0.25) is 0 Å². The monoisotopic (exact) mass is 612 g/mol. The zero-order chi connectivity index (χ0) is 32.1. The molecule has 0 aliphatic carbocycles. The first-order valence-corrected chi connectivity index (χ1v) is 13.2. The van der Waals surface area contributed by atoms with E-state index in [-0.39, 0.29) is 53.7 Å². The molecule has 1 amide bonds. The number of nitrogens with zero attached hydrogens (tertiary/aromatic N) is 3. The minimum absolute atomic E-state index is 0.0169. The van der Waals surface area contributed by atoms with E-state index in [1.165, 1.54) is 19.2 Å². The van der Waals surface area contributed by atoms with Crippen LogP contribution in [0.3, 0.4) is 0 Å². The molecule has 1 aliphatic rings. The number of hydrogen-bond donors (Lipinski definition) is 3. The summed E-state index contributed by atoms with van der Waals surface area (Å²) in [7, 11) is 2.46. The Labute approximate surface area is 252 Å². The molecule has 2 aromatic carbocycles. The standard InChI is InChI=1S/C28H32N6O10/c1-41-23-18-20(28(36)42-2)16-22(34(39)40)25(23)30-7-3-4-8-31-26-21(33(37)38)15-19(27(29)35)17-24(26)44-12-6-5-9-32-10-13-43-14-11-32/h3-4,15-18,30-31H,7-14H2,1-2H3,(H2,29,35)/b4-3+. The van der Waals surface area contributed by atoms with Crippen molar-refractivity contribution in [2.45, 2.75) is 0 Å². The van der Waals surface area contributed by atoms with Crippen molar-refractivity contribution in [1.82, 2.24) is 4.90 Å². The third-order valence-corrected chi connectivity index (χ3v) is 6.27. The van der Waals surface area contributed by atoms with Crippen LogP contribution in [0, 0.1) is 32.1 Å². The minimum atomic E-state index is -0.863. The van der Waals surface area contributed by atoms with Crippen LogP contribution in [0.1, 0.15) is 20.7 Å². The van der Waals surface area contributed by atoms with Gasteiger partial charge in [-0.1, -0.05) is 24.0 Å². The Morgan fingerprint density at radius 3 is 2.07 bits per heavy atom. The number of carbonyl (C=O) groups excluding carboxylic acids is 2. The highest BCUT2D eigenvalue weighted by atomic mass is 16.6. The topological polar surface area (TPSA) is 211 Å². The van der Waals surface area contributed by atoms with E-state index < -0.39 is 33.1 Å². The zero-order valence-electron chi connectivity index (χ0n) is 24.1. The first kappa shape index (κ1) is 33.1. The maximum absolute atomic E-state index is 11.9. The maximum atomic E-state index is 11.9. The number of hydrogen-bond acceptors (Lipinski definition) is 13. The lowest BCUT2D eigenvalue weighted by atomic mass is 10.1. The second-order valence-electron chi connectivity index (χ2n) is 9.08. The smallest absolute Gasteiger partial charge is 0.338 e. The van der Waals surface area contributed by atoms with Crippen molar-refractivity contribution in [2.75, 3.05) is 77.4 Å². The van der Waals surface area contributed by atoms with E-state index in [1.807, 2.05) is 0 Å². The highest BCUT2D eigenvalue weighted by Crippen LogP contribution is 2.37. The van der Waals surface area contributed by atoms with Crippen molar-refractivity contribution in [3.63, 3.8) is 0 Å². The first-order chi connectivity index (χ1) is 21.2. The van der Waals surface area contributed by atoms with E-state index in [2.05, 4.69) is 32.1 Å². The summed E-state index contributed by atoms with van der Waals surface area (Å²) in [6.07, 6.45) is 3.23. The molecule has 0 saturated carbocycles. The van der Waals surface area contributed by atoms with Crippen LogP contribution in [-0.2, 0) is 9.47 Å². The number of ether oxygens (including phenoxy) is 4. The second-order valence-corrected chi connectivity index (χ2v) is 9.08. The minimum Gasteiger partial charge on any atom is -0.494 e. The predicted octanol–water partition coefficient (Wildman–Crippen LogP) is 2.19. The summed E-state index contributed by atoms with van der Waals surface area (Å²) >= 11 is 0. The van der Waals surface area contributed by atoms with Gasteiger partial charge in [-0.2, -0.15) is 0 Å². The summed E-state index contributed by atoms with van der Waals surface area (Å²) in [4.78, 5) is 47.9.